The summed E-state index contributed by atoms with van der Waals surface area (Å²) in [6.45, 7) is 6.46. The molecule has 0 aliphatic heterocycles. The fourth-order valence-electron chi connectivity index (χ4n) is 3.49. The minimum atomic E-state index is -0.0606. The first-order valence-corrected chi connectivity index (χ1v) is 13.0. The summed E-state index contributed by atoms with van der Waals surface area (Å²) in [7, 11) is 0. The molecule has 4 rings (SSSR count). The number of aryl methyl sites for hydroxylation is 1. The Balaban J connectivity index is 1.47. The van der Waals surface area contributed by atoms with E-state index in [-0.39, 0.29) is 11.7 Å². The zero-order chi connectivity index (χ0) is 23.2. The van der Waals surface area contributed by atoms with Crippen molar-refractivity contribution in [1.29, 1.82) is 0 Å². The molecule has 0 aliphatic rings. The van der Waals surface area contributed by atoms with Gasteiger partial charge in [-0.2, -0.15) is 0 Å². The number of nitrogens with one attached hydrogen (secondary N) is 1. The number of rotatable bonds is 9. The summed E-state index contributed by atoms with van der Waals surface area (Å²) in [5.41, 5.74) is 4.29. The van der Waals surface area contributed by atoms with Gasteiger partial charge in [0.1, 0.15) is 5.82 Å². The van der Waals surface area contributed by atoms with E-state index in [1.165, 1.54) is 27.8 Å². The summed E-state index contributed by atoms with van der Waals surface area (Å²) in [5, 5.41) is 14.6. The number of carbonyl (C=O) groups excluding carboxylic acids is 1. The van der Waals surface area contributed by atoms with Gasteiger partial charge in [-0.15, -0.1) is 21.5 Å². The molecule has 0 radical (unpaired) electrons. The second kappa shape index (κ2) is 10.8. The lowest BCUT2D eigenvalue weighted by Crippen LogP contribution is -2.14. The number of amides is 1. The molecule has 2 aromatic heterocycles. The summed E-state index contributed by atoms with van der Waals surface area (Å²) < 4.78 is 2.05. The number of thioether (sulfide) groups is 1. The fourth-order valence-corrected chi connectivity index (χ4v) is 4.96. The lowest BCUT2D eigenvalue weighted by molar-refractivity contribution is -0.113. The zero-order valence-electron chi connectivity index (χ0n) is 19.1. The summed E-state index contributed by atoms with van der Waals surface area (Å²) in [5.74, 6) is 1.58. The second-order valence-electron chi connectivity index (χ2n) is 8.09. The van der Waals surface area contributed by atoms with Crippen LogP contribution in [0.15, 0.2) is 71.2 Å². The molecule has 4 aromatic rings. The van der Waals surface area contributed by atoms with E-state index in [4.69, 9.17) is 0 Å². The molecular weight excluding hydrogens is 448 g/mol. The van der Waals surface area contributed by atoms with E-state index in [1.807, 2.05) is 18.2 Å². The third kappa shape index (κ3) is 5.92. The summed E-state index contributed by atoms with van der Waals surface area (Å²) in [6.07, 6.45) is 1.80. The van der Waals surface area contributed by atoms with Crippen molar-refractivity contribution in [3.63, 3.8) is 0 Å². The molecule has 0 aliphatic carbocycles. The average molecular weight is 477 g/mol. The van der Waals surface area contributed by atoms with Crippen molar-refractivity contribution in [2.75, 3.05) is 11.1 Å². The molecule has 1 N–H and O–H groups in total. The maximum atomic E-state index is 12.6. The summed E-state index contributed by atoms with van der Waals surface area (Å²) in [4.78, 5) is 13.9. The summed E-state index contributed by atoms with van der Waals surface area (Å²) >= 11 is 3.10. The third-order valence-corrected chi connectivity index (χ3v) is 7.42. The van der Waals surface area contributed by atoms with Gasteiger partial charge in [0.15, 0.2) is 5.16 Å². The standard InChI is InChI=1S/C26H28N4OS2/c1-4-19(3)20-9-11-21(12-10-20)27-25(31)17-33-26-29-28-24(16-23-6-5-15-32-23)30(26)22-13-7-18(2)8-14-22/h5-15,19H,4,16-17H2,1-3H3,(H,27,31)/t19-/m0/s1. The number of carbonyl (C=O) groups is 1. The van der Waals surface area contributed by atoms with E-state index in [1.54, 1.807) is 11.3 Å². The van der Waals surface area contributed by atoms with Crippen LogP contribution in [0.5, 0.6) is 0 Å². The highest BCUT2D eigenvalue weighted by Gasteiger charge is 2.17. The molecule has 5 nitrogen and oxygen atoms in total. The molecule has 170 valence electrons. The van der Waals surface area contributed by atoms with E-state index in [0.717, 1.165) is 23.6 Å². The minimum Gasteiger partial charge on any atom is -0.325 e. The molecule has 1 atom stereocenters. The number of benzene rings is 2. The molecule has 0 unspecified atom stereocenters. The van der Waals surface area contributed by atoms with E-state index in [2.05, 4.69) is 88.7 Å². The van der Waals surface area contributed by atoms with Gasteiger partial charge < -0.3 is 5.32 Å². The van der Waals surface area contributed by atoms with Gasteiger partial charge in [0.2, 0.25) is 5.91 Å². The highest BCUT2D eigenvalue weighted by atomic mass is 32.2. The molecule has 0 fully saturated rings. The molecule has 0 spiro atoms. The van der Waals surface area contributed by atoms with E-state index in [9.17, 15) is 4.79 Å². The topological polar surface area (TPSA) is 59.8 Å². The van der Waals surface area contributed by atoms with E-state index < -0.39 is 0 Å². The number of anilines is 1. The van der Waals surface area contributed by atoms with Crippen LogP contribution >= 0.6 is 23.1 Å². The van der Waals surface area contributed by atoms with Crippen LogP contribution in [0.1, 0.15) is 48.0 Å². The SMILES string of the molecule is CC[C@H](C)c1ccc(NC(=O)CSc2nnc(Cc3cccs3)n2-c2ccc(C)cc2)cc1. The largest absolute Gasteiger partial charge is 0.325 e. The van der Waals surface area contributed by atoms with Gasteiger partial charge in [0.05, 0.1) is 5.75 Å². The van der Waals surface area contributed by atoms with Gasteiger partial charge in [-0.3, -0.25) is 9.36 Å². The average Bonchev–Trinajstić information content (AvgIpc) is 3.48. The Morgan fingerprint density at radius 1 is 1.09 bits per heavy atom. The maximum Gasteiger partial charge on any atom is 0.234 e. The maximum absolute atomic E-state index is 12.6. The molecular formula is C26H28N4OS2. The number of hydrogen-bond donors (Lipinski definition) is 1. The van der Waals surface area contributed by atoms with Gasteiger partial charge >= 0.3 is 0 Å². The van der Waals surface area contributed by atoms with Gasteiger partial charge in [0.25, 0.3) is 0 Å². The molecule has 0 saturated heterocycles. The summed E-state index contributed by atoms with van der Waals surface area (Å²) in [6, 6.07) is 20.6. The van der Waals surface area contributed by atoms with Crippen LogP contribution in [-0.2, 0) is 11.2 Å². The monoisotopic (exact) mass is 476 g/mol. The molecule has 7 heteroatoms. The normalized spacial score (nSPS) is 12.0. The zero-order valence-corrected chi connectivity index (χ0v) is 20.7. The van der Waals surface area contributed by atoms with Crippen molar-refractivity contribution in [1.82, 2.24) is 14.8 Å². The molecule has 1 amide bonds. The van der Waals surface area contributed by atoms with Crippen LogP contribution in [0, 0.1) is 6.92 Å². The predicted molar refractivity (Wildman–Crippen MR) is 138 cm³/mol. The highest BCUT2D eigenvalue weighted by molar-refractivity contribution is 7.99. The number of aromatic nitrogens is 3. The van der Waals surface area contributed by atoms with Crippen LogP contribution in [0.4, 0.5) is 5.69 Å². The number of nitrogens with zero attached hydrogens (tertiary/aromatic N) is 3. The fraction of sp³-hybridized carbons (Fsp3) is 0.269. The Morgan fingerprint density at radius 2 is 1.85 bits per heavy atom. The van der Waals surface area contributed by atoms with Crippen molar-refractivity contribution in [2.24, 2.45) is 0 Å². The first-order chi connectivity index (χ1) is 16.0. The molecule has 2 heterocycles. The highest BCUT2D eigenvalue weighted by Crippen LogP contribution is 2.25. The third-order valence-electron chi connectivity index (χ3n) is 5.61. The Labute approximate surface area is 203 Å². The van der Waals surface area contributed by atoms with Crippen molar-refractivity contribution in [3.05, 3.63) is 87.9 Å². The Morgan fingerprint density at radius 3 is 2.52 bits per heavy atom. The number of thiophene rings is 1. The minimum absolute atomic E-state index is 0.0606. The van der Waals surface area contributed by atoms with Gasteiger partial charge in [-0.1, -0.05) is 61.5 Å². The lowest BCUT2D eigenvalue weighted by Gasteiger charge is -2.11. The quantitative estimate of drug-likeness (QED) is 0.281. The van der Waals surface area contributed by atoms with Gasteiger partial charge in [-0.05, 0) is 60.5 Å². The van der Waals surface area contributed by atoms with Gasteiger partial charge in [-0.25, -0.2) is 0 Å². The first-order valence-electron chi connectivity index (χ1n) is 11.1. The second-order valence-corrected chi connectivity index (χ2v) is 10.1. The number of hydrogen-bond acceptors (Lipinski definition) is 5. The molecule has 33 heavy (non-hydrogen) atoms. The van der Waals surface area contributed by atoms with Crippen LogP contribution in [0.2, 0.25) is 0 Å². The lowest BCUT2D eigenvalue weighted by atomic mass is 9.99. The molecule has 0 saturated carbocycles. The van der Waals surface area contributed by atoms with Crippen molar-refractivity contribution in [3.8, 4) is 5.69 Å². The Bertz CT molecular complexity index is 1180. The predicted octanol–water partition coefficient (Wildman–Crippen LogP) is 6.47. The van der Waals surface area contributed by atoms with E-state index >= 15 is 0 Å². The van der Waals surface area contributed by atoms with Crippen LogP contribution in [0.3, 0.4) is 0 Å². The van der Waals surface area contributed by atoms with Crippen molar-refractivity contribution >= 4 is 34.7 Å². The van der Waals surface area contributed by atoms with Crippen molar-refractivity contribution < 1.29 is 4.79 Å². The molecule has 0 bridgehead atoms. The Kier molecular flexibility index (Phi) is 7.62. The van der Waals surface area contributed by atoms with Gasteiger partial charge in [0, 0.05) is 22.7 Å². The Hall–Kier alpha value is -2.90. The van der Waals surface area contributed by atoms with Crippen molar-refractivity contribution in [2.45, 2.75) is 44.7 Å². The smallest absolute Gasteiger partial charge is 0.234 e. The van der Waals surface area contributed by atoms with Crippen LogP contribution < -0.4 is 5.32 Å². The van der Waals surface area contributed by atoms with Crippen LogP contribution in [0.25, 0.3) is 5.69 Å². The molecule has 2 aromatic carbocycles. The van der Waals surface area contributed by atoms with Crippen LogP contribution in [-0.4, -0.2) is 26.4 Å². The first kappa shape index (κ1) is 23.3. The van der Waals surface area contributed by atoms with E-state index in [0.29, 0.717) is 17.5 Å².